The number of nitrogens with one attached hydrogen (secondary N) is 3. The fraction of sp³-hybridized carbons (Fsp3) is 0.688. The first-order valence-corrected chi connectivity index (χ1v) is 10.1. The first-order valence-electron chi connectivity index (χ1n) is 8.74. The highest BCUT2D eigenvalue weighted by atomic mass is 32.2. The topological polar surface area (TPSA) is 208 Å². The van der Waals surface area contributed by atoms with Gasteiger partial charge in [0.1, 0.15) is 24.2 Å². The average Bonchev–Trinajstić information content (AvgIpc) is 2.66. The summed E-state index contributed by atoms with van der Waals surface area (Å²) in [5.41, 5.74) is 5.36. The number of hydrogen-bond acceptors (Lipinski definition) is 8. The Morgan fingerprint density at radius 2 is 1.52 bits per heavy atom. The third kappa shape index (κ3) is 10.7. The highest BCUT2D eigenvalue weighted by Crippen LogP contribution is 2.03. The van der Waals surface area contributed by atoms with Gasteiger partial charge in [-0.05, 0) is 31.8 Å². The molecule has 8 N–H and O–H groups in total. The fourth-order valence-electron chi connectivity index (χ4n) is 2.07. The minimum Gasteiger partial charge on any atom is -0.481 e. The molecular formula is C16H28N4O8S. The van der Waals surface area contributed by atoms with E-state index in [2.05, 4.69) is 16.0 Å². The van der Waals surface area contributed by atoms with E-state index in [0.717, 1.165) is 0 Å². The molecule has 13 heteroatoms. The molecule has 0 radical (unpaired) electrons. The second-order valence-electron chi connectivity index (χ2n) is 6.19. The van der Waals surface area contributed by atoms with E-state index >= 15 is 0 Å². The second kappa shape index (κ2) is 13.7. The van der Waals surface area contributed by atoms with Crippen molar-refractivity contribution >= 4 is 41.4 Å². The van der Waals surface area contributed by atoms with Crippen LogP contribution in [0.4, 0.5) is 0 Å². The number of carboxylic acids is 2. The zero-order valence-electron chi connectivity index (χ0n) is 16.2. The van der Waals surface area contributed by atoms with Crippen molar-refractivity contribution in [1.29, 1.82) is 0 Å². The van der Waals surface area contributed by atoms with Crippen LogP contribution in [-0.4, -0.2) is 87.8 Å². The summed E-state index contributed by atoms with van der Waals surface area (Å²) in [6, 6.07) is -4.88. The molecule has 3 amide bonds. The molecular weight excluding hydrogens is 408 g/mol. The van der Waals surface area contributed by atoms with Crippen LogP contribution >= 0.6 is 11.8 Å². The normalized spacial score (nSPS) is 14.8. The molecule has 0 aliphatic heterocycles. The number of carbonyl (C=O) groups excluding carboxylic acids is 3. The minimum absolute atomic E-state index is 0.194. The van der Waals surface area contributed by atoms with Crippen molar-refractivity contribution in [2.45, 2.75) is 50.4 Å². The van der Waals surface area contributed by atoms with Crippen LogP contribution in [0.1, 0.15) is 26.2 Å². The molecule has 0 bridgehead atoms. The van der Waals surface area contributed by atoms with Crippen LogP contribution < -0.4 is 21.7 Å². The third-order valence-electron chi connectivity index (χ3n) is 3.79. The lowest BCUT2D eigenvalue weighted by Gasteiger charge is -2.23. The largest absolute Gasteiger partial charge is 0.481 e. The highest BCUT2D eigenvalue weighted by Gasteiger charge is 2.28. The van der Waals surface area contributed by atoms with Crippen LogP contribution in [0.25, 0.3) is 0 Å². The number of rotatable bonds is 14. The molecule has 0 aromatic carbocycles. The molecule has 29 heavy (non-hydrogen) atoms. The van der Waals surface area contributed by atoms with Gasteiger partial charge in [-0.15, -0.1) is 0 Å². The molecule has 4 unspecified atom stereocenters. The molecule has 0 fully saturated rings. The van der Waals surface area contributed by atoms with Crippen molar-refractivity contribution in [2.24, 2.45) is 5.73 Å². The van der Waals surface area contributed by atoms with Crippen LogP contribution in [-0.2, 0) is 24.0 Å². The Morgan fingerprint density at radius 1 is 0.931 bits per heavy atom. The Hall–Kier alpha value is -2.38. The lowest BCUT2D eigenvalue weighted by atomic mass is 10.1. The number of carbonyl (C=O) groups is 5. The average molecular weight is 436 g/mol. The lowest BCUT2D eigenvalue weighted by Crippen LogP contribution is -2.56. The summed E-state index contributed by atoms with van der Waals surface area (Å²) in [7, 11) is 0. The summed E-state index contributed by atoms with van der Waals surface area (Å²) < 4.78 is 0. The molecule has 0 aliphatic rings. The van der Waals surface area contributed by atoms with Crippen LogP contribution in [0.15, 0.2) is 0 Å². The highest BCUT2D eigenvalue weighted by molar-refractivity contribution is 7.98. The molecule has 166 valence electrons. The van der Waals surface area contributed by atoms with E-state index in [1.165, 1.54) is 18.7 Å². The second-order valence-corrected chi connectivity index (χ2v) is 7.18. The Labute approximate surface area is 172 Å². The quantitative estimate of drug-likeness (QED) is 0.152. The number of aliphatic hydroxyl groups excluding tert-OH is 1. The molecule has 4 atom stereocenters. The maximum Gasteiger partial charge on any atom is 0.326 e. The molecule has 0 aromatic rings. The van der Waals surface area contributed by atoms with Gasteiger partial charge in [-0.2, -0.15) is 11.8 Å². The van der Waals surface area contributed by atoms with Crippen LogP contribution in [0.2, 0.25) is 0 Å². The standard InChI is InChI=1S/C16H28N4O8S/c1-8(13(24)20-11(16(27)28)5-6-29-2)18-15(26)10(3-4-12(22)23)19-14(25)9(17)7-21/h8-11,21H,3-7,17H2,1-2H3,(H,18,26)(H,19,25)(H,20,24)(H,22,23)(H,27,28). The van der Waals surface area contributed by atoms with E-state index in [1.807, 2.05) is 0 Å². The predicted molar refractivity (Wildman–Crippen MR) is 104 cm³/mol. The van der Waals surface area contributed by atoms with Crippen molar-refractivity contribution in [1.82, 2.24) is 16.0 Å². The van der Waals surface area contributed by atoms with E-state index in [-0.39, 0.29) is 12.8 Å². The van der Waals surface area contributed by atoms with E-state index < -0.39 is 66.9 Å². The van der Waals surface area contributed by atoms with Gasteiger partial charge in [0.2, 0.25) is 17.7 Å². The van der Waals surface area contributed by atoms with Crippen molar-refractivity contribution in [3.63, 3.8) is 0 Å². The van der Waals surface area contributed by atoms with Gasteiger partial charge >= 0.3 is 11.9 Å². The molecule has 0 rings (SSSR count). The Morgan fingerprint density at radius 3 is 2.00 bits per heavy atom. The number of hydrogen-bond donors (Lipinski definition) is 7. The van der Waals surface area contributed by atoms with Crippen molar-refractivity contribution in [3.8, 4) is 0 Å². The Balaban J connectivity index is 5.01. The zero-order valence-corrected chi connectivity index (χ0v) is 17.0. The first kappa shape index (κ1) is 26.6. The van der Waals surface area contributed by atoms with Crippen LogP contribution in [0.5, 0.6) is 0 Å². The van der Waals surface area contributed by atoms with E-state index in [9.17, 15) is 24.0 Å². The van der Waals surface area contributed by atoms with Crippen LogP contribution in [0.3, 0.4) is 0 Å². The molecule has 0 spiro atoms. The number of aliphatic hydroxyl groups is 1. The molecule has 12 nitrogen and oxygen atoms in total. The molecule has 0 aliphatic carbocycles. The maximum atomic E-state index is 12.4. The van der Waals surface area contributed by atoms with Crippen molar-refractivity contribution in [2.75, 3.05) is 18.6 Å². The minimum atomic E-state index is -1.31. The number of amides is 3. The molecule has 0 saturated carbocycles. The van der Waals surface area contributed by atoms with Gasteiger partial charge in [-0.3, -0.25) is 19.2 Å². The maximum absolute atomic E-state index is 12.4. The van der Waals surface area contributed by atoms with Gasteiger partial charge in [-0.1, -0.05) is 0 Å². The van der Waals surface area contributed by atoms with Gasteiger partial charge in [0.05, 0.1) is 6.61 Å². The third-order valence-corrected chi connectivity index (χ3v) is 4.43. The van der Waals surface area contributed by atoms with Gasteiger partial charge in [0.25, 0.3) is 0 Å². The Kier molecular flexibility index (Phi) is 12.6. The van der Waals surface area contributed by atoms with Crippen molar-refractivity contribution < 1.29 is 39.3 Å². The fourth-order valence-corrected chi connectivity index (χ4v) is 2.54. The number of aliphatic carboxylic acids is 2. The Bertz CT molecular complexity index is 603. The van der Waals surface area contributed by atoms with Gasteiger partial charge < -0.3 is 37.0 Å². The van der Waals surface area contributed by atoms with E-state index in [0.29, 0.717) is 5.75 Å². The number of nitrogens with two attached hydrogens (primary N) is 1. The summed E-state index contributed by atoms with van der Waals surface area (Å²) in [6.45, 7) is 0.640. The summed E-state index contributed by atoms with van der Waals surface area (Å²) in [5.74, 6) is -4.36. The number of thioether (sulfide) groups is 1. The van der Waals surface area contributed by atoms with Crippen molar-refractivity contribution in [3.05, 3.63) is 0 Å². The van der Waals surface area contributed by atoms with Crippen LogP contribution in [0, 0.1) is 0 Å². The molecule has 0 aromatic heterocycles. The number of carboxylic acid groups (broad SMARTS) is 2. The smallest absolute Gasteiger partial charge is 0.326 e. The lowest BCUT2D eigenvalue weighted by molar-refractivity contribution is -0.142. The summed E-state index contributed by atoms with van der Waals surface area (Å²) in [6.07, 6.45) is 1.27. The molecule has 0 heterocycles. The summed E-state index contributed by atoms with van der Waals surface area (Å²) in [4.78, 5) is 58.4. The zero-order chi connectivity index (χ0) is 22.6. The molecule has 0 saturated heterocycles. The van der Waals surface area contributed by atoms with Gasteiger partial charge in [0, 0.05) is 6.42 Å². The summed E-state index contributed by atoms with van der Waals surface area (Å²) >= 11 is 1.41. The first-order chi connectivity index (χ1) is 13.5. The summed E-state index contributed by atoms with van der Waals surface area (Å²) in [5, 5.41) is 33.7. The predicted octanol–water partition coefficient (Wildman–Crippen LogP) is -2.52. The van der Waals surface area contributed by atoms with Gasteiger partial charge in [-0.25, -0.2) is 4.79 Å². The van der Waals surface area contributed by atoms with E-state index in [4.69, 9.17) is 21.1 Å². The van der Waals surface area contributed by atoms with Gasteiger partial charge in [0.15, 0.2) is 0 Å². The SMILES string of the molecule is CSCCC(NC(=O)C(C)NC(=O)C(CCC(=O)O)NC(=O)C(N)CO)C(=O)O. The monoisotopic (exact) mass is 436 g/mol. The van der Waals surface area contributed by atoms with E-state index in [1.54, 1.807) is 6.26 Å².